The monoisotopic (exact) mass is 664 g/mol. The van der Waals surface area contributed by atoms with Gasteiger partial charge in [-0.3, -0.25) is 0 Å². The standard InChI is InChI=1S/C48H28N2O2/c1-2-11-30(12-3-1)49-40-17-7-4-13-33(40)37-25-26-38-34-14-5-8-18-41(34)50(48(38)47(37)49)31-22-24-39-45(28-31)52-43-20-10-16-32(46(39)43)29-21-23-36-35-15-6-9-19-42(35)51-44(36)27-29/h1-28H. The van der Waals surface area contributed by atoms with Gasteiger partial charge in [0.05, 0.1) is 27.8 Å². The van der Waals surface area contributed by atoms with Gasteiger partial charge in [-0.05, 0) is 71.8 Å². The van der Waals surface area contributed by atoms with Crippen molar-refractivity contribution < 1.29 is 8.83 Å². The van der Waals surface area contributed by atoms with E-state index in [1.165, 1.54) is 38.1 Å². The molecule has 0 amide bonds. The molecule has 0 saturated heterocycles. The summed E-state index contributed by atoms with van der Waals surface area (Å²) < 4.78 is 17.8. The number of hydrogen-bond donors (Lipinski definition) is 0. The minimum Gasteiger partial charge on any atom is -0.456 e. The van der Waals surface area contributed by atoms with E-state index in [-0.39, 0.29) is 0 Å². The van der Waals surface area contributed by atoms with E-state index in [0.717, 1.165) is 71.9 Å². The molecule has 242 valence electrons. The van der Waals surface area contributed by atoms with Crippen molar-refractivity contribution in [1.82, 2.24) is 9.13 Å². The molecule has 12 rings (SSSR count). The lowest BCUT2D eigenvalue weighted by molar-refractivity contribution is 0.668. The lowest BCUT2D eigenvalue weighted by Crippen LogP contribution is -1.98. The Balaban J connectivity index is 1.13. The molecule has 0 atom stereocenters. The van der Waals surface area contributed by atoms with Crippen molar-refractivity contribution in [3.05, 3.63) is 170 Å². The molecule has 8 aromatic carbocycles. The van der Waals surface area contributed by atoms with Crippen molar-refractivity contribution in [2.24, 2.45) is 0 Å². The number of para-hydroxylation sites is 4. The highest BCUT2D eigenvalue weighted by Crippen LogP contribution is 2.44. The summed E-state index contributed by atoms with van der Waals surface area (Å²) in [6, 6.07) is 60.5. The van der Waals surface area contributed by atoms with Gasteiger partial charge in [0, 0.05) is 54.8 Å². The quantitative estimate of drug-likeness (QED) is 0.188. The minimum absolute atomic E-state index is 0.853. The first-order valence-corrected chi connectivity index (χ1v) is 17.7. The number of nitrogens with zero attached hydrogens (tertiary/aromatic N) is 2. The zero-order chi connectivity index (χ0) is 33.9. The van der Waals surface area contributed by atoms with Crippen LogP contribution in [0.4, 0.5) is 0 Å². The molecule has 0 spiro atoms. The van der Waals surface area contributed by atoms with E-state index in [1.807, 2.05) is 12.1 Å². The van der Waals surface area contributed by atoms with E-state index >= 15 is 0 Å². The molecule has 0 fully saturated rings. The number of aromatic nitrogens is 2. The first-order chi connectivity index (χ1) is 25.8. The second-order valence-corrected chi connectivity index (χ2v) is 13.7. The molecular weight excluding hydrogens is 637 g/mol. The maximum Gasteiger partial charge on any atom is 0.137 e. The van der Waals surface area contributed by atoms with Crippen LogP contribution in [0.25, 0.3) is 110 Å². The number of furan rings is 2. The predicted octanol–water partition coefficient (Wildman–Crippen LogP) is 13.3. The molecule has 0 saturated carbocycles. The lowest BCUT2D eigenvalue weighted by Gasteiger charge is -2.12. The van der Waals surface area contributed by atoms with Gasteiger partial charge >= 0.3 is 0 Å². The maximum atomic E-state index is 6.70. The third-order valence-corrected chi connectivity index (χ3v) is 10.9. The Bertz CT molecular complexity index is 3410. The van der Waals surface area contributed by atoms with Gasteiger partial charge in [0.25, 0.3) is 0 Å². The molecule has 4 aromatic heterocycles. The fourth-order valence-corrected chi connectivity index (χ4v) is 8.70. The fourth-order valence-electron chi connectivity index (χ4n) is 8.70. The lowest BCUT2D eigenvalue weighted by atomic mass is 9.98. The summed E-state index contributed by atoms with van der Waals surface area (Å²) in [6.07, 6.45) is 0. The van der Waals surface area contributed by atoms with Crippen LogP contribution in [0, 0.1) is 0 Å². The van der Waals surface area contributed by atoms with Crippen LogP contribution in [-0.4, -0.2) is 9.13 Å². The van der Waals surface area contributed by atoms with E-state index in [4.69, 9.17) is 8.83 Å². The highest BCUT2D eigenvalue weighted by Gasteiger charge is 2.22. The highest BCUT2D eigenvalue weighted by atomic mass is 16.3. The zero-order valence-electron chi connectivity index (χ0n) is 27.9. The Morgan fingerprint density at radius 2 is 0.885 bits per heavy atom. The van der Waals surface area contributed by atoms with Crippen molar-refractivity contribution in [3.63, 3.8) is 0 Å². The second-order valence-electron chi connectivity index (χ2n) is 13.7. The topological polar surface area (TPSA) is 36.1 Å². The van der Waals surface area contributed by atoms with Crippen molar-refractivity contribution in [1.29, 1.82) is 0 Å². The maximum absolute atomic E-state index is 6.70. The molecule has 4 heterocycles. The summed E-state index contributed by atoms with van der Waals surface area (Å²) in [4.78, 5) is 0. The predicted molar refractivity (Wildman–Crippen MR) is 215 cm³/mol. The molecule has 4 heteroatoms. The summed E-state index contributed by atoms with van der Waals surface area (Å²) in [7, 11) is 0. The third-order valence-electron chi connectivity index (χ3n) is 10.9. The van der Waals surface area contributed by atoms with E-state index in [0.29, 0.717) is 0 Å². The summed E-state index contributed by atoms with van der Waals surface area (Å²) in [5.74, 6) is 0. The molecule has 4 nitrogen and oxygen atoms in total. The van der Waals surface area contributed by atoms with Crippen LogP contribution in [0.5, 0.6) is 0 Å². The first kappa shape index (κ1) is 27.7. The molecule has 0 unspecified atom stereocenters. The van der Waals surface area contributed by atoms with Crippen molar-refractivity contribution >= 4 is 87.5 Å². The van der Waals surface area contributed by atoms with Gasteiger partial charge in [-0.25, -0.2) is 0 Å². The van der Waals surface area contributed by atoms with E-state index < -0.39 is 0 Å². The van der Waals surface area contributed by atoms with Gasteiger partial charge in [0.2, 0.25) is 0 Å². The Labute approximate surface area is 296 Å². The molecule has 0 aliphatic carbocycles. The summed E-state index contributed by atoms with van der Waals surface area (Å²) in [6.45, 7) is 0. The van der Waals surface area contributed by atoms with Crippen LogP contribution in [0.1, 0.15) is 0 Å². The molecule has 0 radical (unpaired) electrons. The number of fused-ring (bicyclic) bond motifs is 13. The van der Waals surface area contributed by atoms with Gasteiger partial charge in [0.15, 0.2) is 0 Å². The number of benzene rings is 8. The van der Waals surface area contributed by atoms with Crippen LogP contribution < -0.4 is 0 Å². The molecule has 0 N–H and O–H groups in total. The molecule has 12 aromatic rings. The van der Waals surface area contributed by atoms with E-state index in [2.05, 4.69) is 167 Å². The zero-order valence-corrected chi connectivity index (χ0v) is 27.9. The first-order valence-electron chi connectivity index (χ1n) is 17.7. The number of rotatable bonds is 3. The SMILES string of the molecule is c1ccc(-n2c3ccccc3c3ccc4c5ccccc5n(-c5ccc6c(c5)oc5cccc(-c7ccc8c(c7)oc7ccccc78)c56)c4c32)cc1. The Hall–Kier alpha value is -7.04. The third kappa shape index (κ3) is 3.70. The summed E-state index contributed by atoms with van der Waals surface area (Å²) in [5.41, 5.74) is 12.6. The molecule has 52 heavy (non-hydrogen) atoms. The van der Waals surface area contributed by atoms with Gasteiger partial charge in [0.1, 0.15) is 22.3 Å². The highest BCUT2D eigenvalue weighted by molar-refractivity contribution is 6.24. The van der Waals surface area contributed by atoms with Gasteiger partial charge < -0.3 is 18.0 Å². The summed E-state index contributed by atoms with van der Waals surface area (Å²) >= 11 is 0. The fraction of sp³-hybridized carbons (Fsp3) is 0. The van der Waals surface area contributed by atoms with Crippen LogP contribution in [-0.2, 0) is 0 Å². The van der Waals surface area contributed by atoms with Crippen LogP contribution in [0.15, 0.2) is 179 Å². The van der Waals surface area contributed by atoms with Gasteiger partial charge in [-0.2, -0.15) is 0 Å². The molecule has 0 aliphatic heterocycles. The van der Waals surface area contributed by atoms with Crippen LogP contribution in [0.3, 0.4) is 0 Å². The molecule has 0 aliphatic rings. The van der Waals surface area contributed by atoms with E-state index in [9.17, 15) is 0 Å². The second kappa shape index (κ2) is 10.3. The Kier molecular flexibility index (Phi) is 5.47. The van der Waals surface area contributed by atoms with Crippen LogP contribution >= 0.6 is 0 Å². The molecular formula is C48H28N2O2. The smallest absolute Gasteiger partial charge is 0.137 e. The largest absolute Gasteiger partial charge is 0.456 e. The van der Waals surface area contributed by atoms with Gasteiger partial charge in [-0.1, -0.05) is 103 Å². The Morgan fingerprint density at radius 3 is 1.65 bits per heavy atom. The van der Waals surface area contributed by atoms with Crippen molar-refractivity contribution in [2.75, 3.05) is 0 Å². The van der Waals surface area contributed by atoms with Crippen LogP contribution in [0.2, 0.25) is 0 Å². The van der Waals surface area contributed by atoms with Gasteiger partial charge in [-0.15, -0.1) is 0 Å². The molecule has 0 bridgehead atoms. The van der Waals surface area contributed by atoms with Crippen molar-refractivity contribution in [2.45, 2.75) is 0 Å². The normalized spacial score (nSPS) is 12.2. The van der Waals surface area contributed by atoms with E-state index in [1.54, 1.807) is 0 Å². The average molecular weight is 665 g/mol. The van der Waals surface area contributed by atoms with Crippen molar-refractivity contribution in [3.8, 4) is 22.5 Å². The number of hydrogen-bond acceptors (Lipinski definition) is 2. The average Bonchev–Trinajstić information content (AvgIpc) is 3.95. The summed E-state index contributed by atoms with van der Waals surface area (Å²) in [5, 5.41) is 9.35. The Morgan fingerprint density at radius 1 is 0.327 bits per heavy atom. The minimum atomic E-state index is 0.853.